The molecule has 0 aromatic carbocycles. The van der Waals surface area contributed by atoms with Gasteiger partial charge in [-0.15, -0.1) is 11.6 Å². The Kier molecular flexibility index (Phi) is 5.40. The summed E-state index contributed by atoms with van der Waals surface area (Å²) < 4.78 is 0. The van der Waals surface area contributed by atoms with Crippen molar-refractivity contribution in [2.24, 2.45) is 0 Å². The minimum Gasteiger partial charge on any atom is -0.480 e. The van der Waals surface area contributed by atoms with Crippen LogP contribution < -0.4 is 5.32 Å². The lowest BCUT2D eigenvalue weighted by atomic mass is 10.1. The van der Waals surface area contributed by atoms with Crippen molar-refractivity contribution in [1.82, 2.24) is 10.2 Å². The van der Waals surface area contributed by atoms with E-state index < -0.39 is 12.0 Å². The molecule has 0 saturated carbocycles. The molecule has 0 aromatic heterocycles. The number of carboxylic acids is 1. The van der Waals surface area contributed by atoms with E-state index in [2.05, 4.69) is 5.32 Å². The third-order valence-electron chi connectivity index (χ3n) is 2.79. The molecule has 0 aromatic rings. The molecule has 18 heavy (non-hydrogen) atoms. The van der Waals surface area contributed by atoms with Gasteiger partial charge in [0.25, 0.3) is 0 Å². The summed E-state index contributed by atoms with van der Waals surface area (Å²) in [6, 6.07) is -0.969. The number of likely N-dealkylation sites (tertiary alicyclic amines) is 1. The molecule has 1 heterocycles. The second-order valence-electron chi connectivity index (χ2n) is 4.19. The molecule has 1 unspecified atom stereocenters. The third kappa shape index (κ3) is 3.87. The summed E-state index contributed by atoms with van der Waals surface area (Å²) in [5.41, 5.74) is 0. The molecule has 2 N–H and O–H groups in total. The molecule has 0 radical (unpaired) electrons. The fourth-order valence-corrected chi connectivity index (χ4v) is 2.23. The van der Waals surface area contributed by atoms with Crippen LogP contribution in [0.15, 0.2) is 0 Å². The van der Waals surface area contributed by atoms with Crippen molar-refractivity contribution in [1.29, 1.82) is 0 Å². The monoisotopic (exact) mass is 276 g/mol. The van der Waals surface area contributed by atoms with Gasteiger partial charge in [-0.05, 0) is 13.3 Å². The molecule has 1 aliphatic heterocycles. The SMILES string of the molecule is CCNC(=O)CC[C@@H](C(=O)O)N1CC(Cl)CC1=O. The fraction of sp³-hybridized carbons (Fsp3) is 0.727. The highest BCUT2D eigenvalue weighted by Crippen LogP contribution is 2.21. The van der Waals surface area contributed by atoms with Gasteiger partial charge in [0.15, 0.2) is 0 Å². The van der Waals surface area contributed by atoms with Crippen LogP contribution in [0.2, 0.25) is 0 Å². The molecular weight excluding hydrogens is 260 g/mol. The lowest BCUT2D eigenvalue weighted by Gasteiger charge is -2.24. The topological polar surface area (TPSA) is 86.7 Å². The van der Waals surface area contributed by atoms with Gasteiger partial charge in [-0.2, -0.15) is 0 Å². The molecule has 2 amide bonds. The Morgan fingerprint density at radius 3 is 2.72 bits per heavy atom. The van der Waals surface area contributed by atoms with E-state index in [1.165, 1.54) is 4.90 Å². The number of nitrogens with zero attached hydrogens (tertiary/aromatic N) is 1. The first-order chi connectivity index (χ1) is 8.45. The van der Waals surface area contributed by atoms with E-state index >= 15 is 0 Å². The van der Waals surface area contributed by atoms with Gasteiger partial charge in [-0.1, -0.05) is 0 Å². The van der Waals surface area contributed by atoms with Crippen molar-refractivity contribution in [2.75, 3.05) is 13.1 Å². The second kappa shape index (κ2) is 6.58. The molecule has 0 spiro atoms. The van der Waals surface area contributed by atoms with Crippen molar-refractivity contribution < 1.29 is 19.5 Å². The van der Waals surface area contributed by atoms with Crippen molar-refractivity contribution in [3.05, 3.63) is 0 Å². The highest BCUT2D eigenvalue weighted by molar-refractivity contribution is 6.22. The number of carbonyl (C=O) groups excluding carboxylic acids is 2. The maximum absolute atomic E-state index is 11.6. The summed E-state index contributed by atoms with van der Waals surface area (Å²) in [4.78, 5) is 35.3. The van der Waals surface area contributed by atoms with Crippen LogP contribution >= 0.6 is 11.6 Å². The molecule has 0 aliphatic carbocycles. The number of hydrogen-bond acceptors (Lipinski definition) is 3. The maximum Gasteiger partial charge on any atom is 0.326 e. The highest BCUT2D eigenvalue weighted by Gasteiger charge is 2.36. The largest absolute Gasteiger partial charge is 0.480 e. The number of carboxylic acid groups (broad SMARTS) is 1. The van der Waals surface area contributed by atoms with Gasteiger partial charge in [-0.3, -0.25) is 9.59 Å². The molecule has 1 rings (SSSR count). The number of rotatable bonds is 6. The standard InChI is InChI=1S/C11H17ClN2O4/c1-2-13-9(15)4-3-8(11(17)18)14-6-7(12)5-10(14)16/h7-8H,2-6H2,1H3,(H,13,15)(H,17,18)/t7?,8-/m0/s1. The van der Waals surface area contributed by atoms with Gasteiger partial charge in [0.05, 0.1) is 5.38 Å². The van der Waals surface area contributed by atoms with Crippen LogP contribution in [-0.4, -0.2) is 52.3 Å². The number of alkyl halides is 1. The Morgan fingerprint density at radius 1 is 1.61 bits per heavy atom. The summed E-state index contributed by atoms with van der Waals surface area (Å²) in [6.07, 6.45) is 0.352. The van der Waals surface area contributed by atoms with Crippen molar-refractivity contribution in [2.45, 2.75) is 37.6 Å². The van der Waals surface area contributed by atoms with Crippen LogP contribution in [0.5, 0.6) is 0 Å². The first-order valence-corrected chi connectivity index (χ1v) is 6.32. The molecule has 0 bridgehead atoms. The lowest BCUT2D eigenvalue weighted by Crippen LogP contribution is -2.43. The predicted octanol–water partition coefficient (Wildman–Crippen LogP) is 0.196. The van der Waals surface area contributed by atoms with Crippen molar-refractivity contribution in [3.63, 3.8) is 0 Å². The second-order valence-corrected chi connectivity index (χ2v) is 4.81. The average Bonchev–Trinajstić information content (AvgIpc) is 2.58. The van der Waals surface area contributed by atoms with Crippen LogP contribution in [0.25, 0.3) is 0 Å². The van der Waals surface area contributed by atoms with Gasteiger partial charge in [-0.25, -0.2) is 4.79 Å². The Labute approximate surface area is 110 Å². The smallest absolute Gasteiger partial charge is 0.326 e. The van der Waals surface area contributed by atoms with E-state index in [9.17, 15) is 14.4 Å². The number of amides is 2. The zero-order valence-corrected chi connectivity index (χ0v) is 10.9. The van der Waals surface area contributed by atoms with E-state index in [1.54, 1.807) is 6.92 Å². The number of carbonyl (C=O) groups is 3. The number of halogens is 1. The molecule has 102 valence electrons. The minimum absolute atomic E-state index is 0.0849. The maximum atomic E-state index is 11.6. The Hall–Kier alpha value is -1.30. The number of aliphatic carboxylic acids is 1. The molecular formula is C11H17ClN2O4. The average molecular weight is 277 g/mol. The summed E-state index contributed by atoms with van der Waals surface area (Å²) in [6.45, 7) is 2.52. The van der Waals surface area contributed by atoms with Crippen molar-refractivity contribution >= 4 is 29.4 Å². The lowest BCUT2D eigenvalue weighted by molar-refractivity contribution is -0.148. The van der Waals surface area contributed by atoms with Gasteiger partial charge in [0, 0.05) is 25.9 Å². The number of hydrogen-bond donors (Lipinski definition) is 2. The van der Waals surface area contributed by atoms with E-state index in [1.807, 2.05) is 0 Å². The minimum atomic E-state index is -1.10. The summed E-state index contributed by atoms with van der Waals surface area (Å²) in [7, 11) is 0. The summed E-state index contributed by atoms with van der Waals surface area (Å²) >= 11 is 5.83. The van der Waals surface area contributed by atoms with E-state index in [-0.39, 0.29) is 43.0 Å². The Morgan fingerprint density at radius 2 is 2.28 bits per heavy atom. The van der Waals surface area contributed by atoms with Crippen LogP contribution in [0, 0.1) is 0 Å². The molecule has 1 aliphatic rings. The van der Waals surface area contributed by atoms with Crippen LogP contribution in [0.4, 0.5) is 0 Å². The van der Waals surface area contributed by atoms with Gasteiger partial charge >= 0.3 is 5.97 Å². The molecule has 2 atom stereocenters. The quantitative estimate of drug-likeness (QED) is 0.678. The first kappa shape index (κ1) is 14.8. The van der Waals surface area contributed by atoms with Crippen molar-refractivity contribution in [3.8, 4) is 0 Å². The predicted molar refractivity (Wildman–Crippen MR) is 65.3 cm³/mol. The highest BCUT2D eigenvalue weighted by atomic mass is 35.5. The zero-order chi connectivity index (χ0) is 13.7. The summed E-state index contributed by atoms with van der Waals surface area (Å²) in [5, 5.41) is 11.4. The molecule has 7 heteroatoms. The van der Waals surface area contributed by atoms with Gasteiger partial charge in [0.1, 0.15) is 6.04 Å². The number of nitrogens with one attached hydrogen (secondary N) is 1. The Bertz CT molecular complexity index is 348. The first-order valence-electron chi connectivity index (χ1n) is 5.88. The third-order valence-corrected chi connectivity index (χ3v) is 3.08. The fourth-order valence-electron chi connectivity index (χ4n) is 1.95. The zero-order valence-electron chi connectivity index (χ0n) is 10.2. The van der Waals surface area contributed by atoms with E-state index in [4.69, 9.17) is 16.7 Å². The van der Waals surface area contributed by atoms with Crippen LogP contribution in [-0.2, 0) is 14.4 Å². The van der Waals surface area contributed by atoms with Crippen LogP contribution in [0.3, 0.4) is 0 Å². The van der Waals surface area contributed by atoms with Crippen LogP contribution in [0.1, 0.15) is 26.2 Å². The molecule has 6 nitrogen and oxygen atoms in total. The van der Waals surface area contributed by atoms with E-state index in [0.29, 0.717) is 6.54 Å². The van der Waals surface area contributed by atoms with Gasteiger partial charge < -0.3 is 15.3 Å². The van der Waals surface area contributed by atoms with Gasteiger partial charge in [0.2, 0.25) is 11.8 Å². The molecule has 1 fully saturated rings. The Balaban J connectivity index is 2.58. The summed E-state index contributed by atoms with van der Waals surface area (Å²) in [5.74, 6) is -1.57. The normalized spacial score (nSPS) is 20.9. The van der Waals surface area contributed by atoms with E-state index in [0.717, 1.165) is 0 Å². The molecule has 1 saturated heterocycles.